The topological polar surface area (TPSA) is 111 Å². The number of thiocarbonyl (C=S) groups is 1. The molecule has 3 aromatic carbocycles. The number of carbonyl (C=O) groups is 2. The fourth-order valence-corrected chi connectivity index (χ4v) is 4.06. The van der Waals surface area contributed by atoms with E-state index in [0.29, 0.717) is 5.69 Å². The Morgan fingerprint density at radius 3 is 2.35 bits per heavy atom. The number of nitrogens with one attached hydrogen (secondary N) is 1. The van der Waals surface area contributed by atoms with Crippen LogP contribution in [0.2, 0.25) is 0 Å². The molecule has 1 N–H and O–H groups in total. The molecule has 0 saturated carbocycles. The average Bonchev–Trinajstić information content (AvgIpc) is 2.90. The number of methoxy groups -OCH3 is 1. The largest absolute Gasteiger partial charge is 0.493 e. The summed E-state index contributed by atoms with van der Waals surface area (Å²) in [4.78, 5) is 38.6. The van der Waals surface area contributed by atoms with E-state index in [2.05, 4.69) is 5.32 Å². The van der Waals surface area contributed by atoms with Gasteiger partial charge < -0.3 is 9.47 Å². The average molecular weight is 518 g/mol. The number of hydrogen-bond acceptors (Lipinski definition) is 7. The quantitative estimate of drug-likeness (QED) is 0.153. The molecule has 0 unspecified atom stereocenters. The molecule has 0 aliphatic carbocycles. The highest BCUT2D eigenvalue weighted by atomic mass is 32.1. The van der Waals surface area contributed by atoms with Crippen molar-refractivity contribution in [3.63, 3.8) is 0 Å². The Kier molecular flexibility index (Phi) is 7.59. The second-order valence-corrected chi connectivity index (χ2v) is 8.46. The van der Waals surface area contributed by atoms with Crippen LogP contribution in [-0.2, 0) is 22.6 Å². The number of nitro groups is 1. The van der Waals surface area contributed by atoms with Gasteiger partial charge in [0.05, 0.1) is 29.4 Å². The van der Waals surface area contributed by atoms with Gasteiger partial charge in [-0.15, -0.1) is 0 Å². The van der Waals surface area contributed by atoms with Gasteiger partial charge in [0.15, 0.2) is 16.6 Å². The summed E-state index contributed by atoms with van der Waals surface area (Å²) in [5.74, 6) is -1.09. The van der Waals surface area contributed by atoms with E-state index in [0.717, 1.165) is 23.6 Å². The van der Waals surface area contributed by atoms with Gasteiger partial charge in [-0.25, -0.2) is 0 Å². The summed E-state index contributed by atoms with van der Waals surface area (Å²) in [6, 6.07) is 19.0. The van der Waals surface area contributed by atoms with Crippen molar-refractivity contribution >= 4 is 46.6 Å². The molecule has 0 aromatic heterocycles. The molecular formula is C27H23N3O6S. The standard InChI is InChI=1S/C27H23N3O6S/c1-3-17-9-11-20(12-10-17)29-26(32)21(25(31)28-27(29)37)13-19-14-23(35-2)24(15-22(19)30(33)34)36-16-18-7-5-4-6-8-18/h4-15H,3,16H2,1-2H3,(H,28,31,37)/b21-13+. The lowest BCUT2D eigenvalue weighted by Crippen LogP contribution is -2.54. The number of benzene rings is 3. The molecule has 188 valence electrons. The van der Waals surface area contributed by atoms with Crippen LogP contribution >= 0.6 is 12.2 Å². The molecule has 10 heteroatoms. The van der Waals surface area contributed by atoms with Crippen molar-refractivity contribution in [1.82, 2.24) is 5.32 Å². The fourth-order valence-electron chi connectivity index (χ4n) is 3.77. The Hall–Kier alpha value is -4.57. The van der Waals surface area contributed by atoms with Crippen LogP contribution in [-0.4, -0.2) is 29.0 Å². The third-order valence-electron chi connectivity index (χ3n) is 5.75. The van der Waals surface area contributed by atoms with E-state index in [-0.39, 0.29) is 40.0 Å². The van der Waals surface area contributed by atoms with Crippen LogP contribution in [0.3, 0.4) is 0 Å². The monoisotopic (exact) mass is 517 g/mol. The van der Waals surface area contributed by atoms with E-state index in [4.69, 9.17) is 21.7 Å². The SMILES string of the molecule is CCc1ccc(N2C(=O)/C(=C/c3cc(OC)c(OCc4ccccc4)cc3[N+](=O)[O-])C(=O)NC2=S)cc1. The number of nitrogens with zero attached hydrogens (tertiary/aromatic N) is 2. The van der Waals surface area contributed by atoms with Gasteiger partial charge in [-0.05, 0) is 54.0 Å². The summed E-state index contributed by atoms with van der Waals surface area (Å²) in [5, 5.41) is 14.3. The van der Waals surface area contributed by atoms with Crippen LogP contribution < -0.4 is 19.7 Å². The number of rotatable bonds is 8. The predicted octanol–water partition coefficient (Wildman–Crippen LogP) is 4.58. The van der Waals surface area contributed by atoms with Gasteiger partial charge in [-0.1, -0.05) is 49.4 Å². The molecule has 1 heterocycles. The van der Waals surface area contributed by atoms with Crippen molar-refractivity contribution in [3.05, 3.63) is 99.1 Å². The van der Waals surface area contributed by atoms with Crippen LogP contribution in [0.5, 0.6) is 11.5 Å². The maximum Gasteiger partial charge on any atom is 0.280 e. The minimum atomic E-state index is -0.755. The molecule has 0 spiro atoms. The van der Waals surface area contributed by atoms with Gasteiger partial charge in [0.25, 0.3) is 17.5 Å². The van der Waals surface area contributed by atoms with E-state index < -0.39 is 16.7 Å². The maximum absolute atomic E-state index is 13.4. The Morgan fingerprint density at radius 1 is 1.03 bits per heavy atom. The lowest BCUT2D eigenvalue weighted by atomic mass is 10.0. The zero-order valence-corrected chi connectivity index (χ0v) is 20.9. The number of ether oxygens (including phenoxy) is 2. The molecule has 2 amide bonds. The number of hydrogen-bond donors (Lipinski definition) is 1. The molecule has 3 aromatic rings. The van der Waals surface area contributed by atoms with Crippen LogP contribution in [0.15, 0.2) is 72.3 Å². The lowest BCUT2D eigenvalue weighted by molar-refractivity contribution is -0.385. The number of amides is 2. The van der Waals surface area contributed by atoms with Gasteiger partial charge in [-0.2, -0.15) is 0 Å². The van der Waals surface area contributed by atoms with Crippen molar-refractivity contribution in [2.24, 2.45) is 0 Å². The van der Waals surface area contributed by atoms with Gasteiger partial charge in [0.1, 0.15) is 12.2 Å². The zero-order valence-electron chi connectivity index (χ0n) is 20.1. The minimum Gasteiger partial charge on any atom is -0.493 e. The molecular weight excluding hydrogens is 494 g/mol. The highest BCUT2D eigenvalue weighted by Gasteiger charge is 2.35. The van der Waals surface area contributed by atoms with Crippen molar-refractivity contribution in [2.75, 3.05) is 12.0 Å². The summed E-state index contributed by atoms with van der Waals surface area (Å²) in [5.41, 5.74) is 1.73. The van der Waals surface area contributed by atoms with Gasteiger partial charge in [-0.3, -0.25) is 29.9 Å². The van der Waals surface area contributed by atoms with Crippen molar-refractivity contribution in [2.45, 2.75) is 20.0 Å². The normalized spacial score (nSPS) is 14.5. The van der Waals surface area contributed by atoms with Crippen molar-refractivity contribution in [3.8, 4) is 11.5 Å². The van der Waals surface area contributed by atoms with E-state index in [1.165, 1.54) is 24.1 Å². The second-order valence-electron chi connectivity index (χ2n) is 8.07. The van der Waals surface area contributed by atoms with Crippen LogP contribution in [0.4, 0.5) is 11.4 Å². The van der Waals surface area contributed by atoms with Gasteiger partial charge >= 0.3 is 0 Å². The summed E-state index contributed by atoms with van der Waals surface area (Å²) < 4.78 is 11.2. The molecule has 1 aliphatic rings. The zero-order chi connectivity index (χ0) is 26.5. The maximum atomic E-state index is 13.4. The Labute approximate surface area is 218 Å². The van der Waals surface area contributed by atoms with Crippen LogP contribution in [0.1, 0.15) is 23.6 Å². The first kappa shape index (κ1) is 25.5. The van der Waals surface area contributed by atoms with Crippen molar-refractivity contribution in [1.29, 1.82) is 0 Å². The van der Waals surface area contributed by atoms with Crippen LogP contribution in [0.25, 0.3) is 6.08 Å². The Morgan fingerprint density at radius 2 is 1.73 bits per heavy atom. The number of carbonyl (C=O) groups excluding carboxylic acids is 2. The molecule has 1 fully saturated rings. The molecule has 37 heavy (non-hydrogen) atoms. The number of nitro benzene ring substituents is 1. The molecule has 4 rings (SSSR count). The first-order valence-electron chi connectivity index (χ1n) is 11.4. The molecule has 0 atom stereocenters. The highest BCUT2D eigenvalue weighted by Crippen LogP contribution is 2.37. The predicted molar refractivity (Wildman–Crippen MR) is 142 cm³/mol. The summed E-state index contributed by atoms with van der Waals surface area (Å²) in [7, 11) is 1.39. The summed E-state index contributed by atoms with van der Waals surface area (Å²) in [6.07, 6.45) is 1.98. The first-order chi connectivity index (χ1) is 17.8. The van der Waals surface area contributed by atoms with E-state index in [9.17, 15) is 19.7 Å². The van der Waals surface area contributed by atoms with Crippen molar-refractivity contribution < 1.29 is 24.0 Å². The Balaban J connectivity index is 1.71. The van der Waals surface area contributed by atoms with Crippen LogP contribution in [0, 0.1) is 10.1 Å². The smallest absolute Gasteiger partial charge is 0.280 e. The third-order valence-corrected chi connectivity index (χ3v) is 6.04. The van der Waals surface area contributed by atoms with Gasteiger partial charge in [0, 0.05) is 0 Å². The molecule has 9 nitrogen and oxygen atoms in total. The van der Waals surface area contributed by atoms with Gasteiger partial charge in [0.2, 0.25) is 0 Å². The minimum absolute atomic E-state index is 0.00140. The fraction of sp³-hybridized carbons (Fsp3) is 0.148. The summed E-state index contributed by atoms with van der Waals surface area (Å²) in [6.45, 7) is 2.17. The third kappa shape index (κ3) is 5.49. The lowest BCUT2D eigenvalue weighted by Gasteiger charge is -2.29. The van der Waals surface area contributed by atoms with E-state index in [1.54, 1.807) is 12.1 Å². The summed E-state index contributed by atoms with van der Waals surface area (Å²) >= 11 is 5.24. The molecule has 0 radical (unpaired) electrons. The number of aryl methyl sites for hydroxylation is 1. The van der Waals surface area contributed by atoms with E-state index in [1.807, 2.05) is 49.4 Å². The Bertz CT molecular complexity index is 1400. The molecule has 0 bridgehead atoms. The molecule has 1 saturated heterocycles. The molecule has 1 aliphatic heterocycles. The highest BCUT2D eigenvalue weighted by molar-refractivity contribution is 7.80. The first-order valence-corrected chi connectivity index (χ1v) is 11.8. The van der Waals surface area contributed by atoms with E-state index >= 15 is 0 Å². The number of anilines is 1. The second kappa shape index (κ2) is 11.0.